The van der Waals surface area contributed by atoms with E-state index in [4.69, 9.17) is 4.74 Å². The normalized spacial score (nSPS) is 24.3. The van der Waals surface area contributed by atoms with Gasteiger partial charge in [0.1, 0.15) is 11.6 Å². The molecule has 5 rings (SSSR count). The highest BCUT2D eigenvalue weighted by Crippen LogP contribution is 2.34. The fourth-order valence-corrected chi connectivity index (χ4v) is 6.65. The van der Waals surface area contributed by atoms with Gasteiger partial charge in [0, 0.05) is 24.9 Å². The lowest BCUT2D eigenvalue weighted by molar-refractivity contribution is -0.134. The maximum atomic E-state index is 13.3. The van der Waals surface area contributed by atoms with Gasteiger partial charge in [-0.15, -0.1) is 11.8 Å². The zero-order chi connectivity index (χ0) is 24.6. The number of nitrogens with zero attached hydrogens (tertiary/aromatic N) is 3. The molecule has 0 unspecified atom stereocenters. The molecule has 3 fully saturated rings. The molecule has 0 aromatic heterocycles. The van der Waals surface area contributed by atoms with Crippen molar-refractivity contribution in [3.63, 3.8) is 0 Å². The highest BCUT2D eigenvalue weighted by atomic mass is 32.2. The van der Waals surface area contributed by atoms with Gasteiger partial charge >= 0.3 is 6.09 Å². The van der Waals surface area contributed by atoms with E-state index in [1.807, 2.05) is 25.7 Å². The van der Waals surface area contributed by atoms with Crippen LogP contribution in [0.25, 0.3) is 10.8 Å². The third-order valence-corrected chi connectivity index (χ3v) is 8.51. The van der Waals surface area contributed by atoms with Gasteiger partial charge in [-0.1, -0.05) is 42.5 Å². The van der Waals surface area contributed by atoms with E-state index in [1.165, 1.54) is 16.3 Å². The number of piperidine rings is 1. The van der Waals surface area contributed by atoms with E-state index in [9.17, 15) is 9.59 Å². The lowest BCUT2D eigenvalue weighted by atomic mass is 9.87. The minimum atomic E-state index is -0.579. The van der Waals surface area contributed by atoms with Crippen molar-refractivity contribution in [1.82, 2.24) is 14.7 Å². The minimum Gasteiger partial charge on any atom is -0.444 e. The van der Waals surface area contributed by atoms with Crippen molar-refractivity contribution in [3.05, 3.63) is 48.0 Å². The SMILES string of the molecule is CC(C)(C)OC(=O)N1C[C@@H](N2CCC(c3ccc4ccccc4c3)CC2)C[C@H]1C(=O)N1CCSC1. The number of hydrogen-bond acceptors (Lipinski definition) is 5. The third kappa shape index (κ3) is 5.46. The highest BCUT2D eigenvalue weighted by molar-refractivity contribution is 7.99. The van der Waals surface area contributed by atoms with Gasteiger partial charge in [-0.3, -0.25) is 14.6 Å². The van der Waals surface area contributed by atoms with Gasteiger partial charge in [-0.05, 0) is 75.4 Å². The number of fused-ring (bicyclic) bond motifs is 1. The summed E-state index contributed by atoms with van der Waals surface area (Å²) in [5, 5.41) is 2.59. The van der Waals surface area contributed by atoms with Crippen LogP contribution in [0.15, 0.2) is 42.5 Å². The van der Waals surface area contributed by atoms with Crippen LogP contribution in [0, 0.1) is 0 Å². The lowest BCUT2D eigenvalue weighted by Gasteiger charge is -2.36. The first-order valence-electron chi connectivity index (χ1n) is 12.9. The molecule has 2 aromatic rings. The molecule has 0 spiro atoms. The predicted octanol–water partition coefficient (Wildman–Crippen LogP) is 4.93. The summed E-state index contributed by atoms with van der Waals surface area (Å²) in [6.45, 7) is 8.95. The van der Waals surface area contributed by atoms with Gasteiger partial charge in [0.2, 0.25) is 5.91 Å². The average Bonchev–Trinajstić information content (AvgIpc) is 3.53. The Balaban J connectivity index is 1.26. The molecule has 2 aromatic carbocycles. The molecule has 6 nitrogen and oxygen atoms in total. The Bertz CT molecular complexity index is 1070. The molecule has 188 valence electrons. The van der Waals surface area contributed by atoms with Crippen LogP contribution in [-0.4, -0.2) is 82.2 Å². The average molecular weight is 496 g/mol. The second-order valence-corrected chi connectivity index (χ2v) is 12.2. The van der Waals surface area contributed by atoms with Crippen molar-refractivity contribution in [2.75, 3.05) is 37.8 Å². The zero-order valence-corrected chi connectivity index (χ0v) is 21.9. The van der Waals surface area contributed by atoms with E-state index in [-0.39, 0.29) is 18.0 Å². The van der Waals surface area contributed by atoms with E-state index in [2.05, 4.69) is 47.4 Å². The second-order valence-electron chi connectivity index (χ2n) is 11.1. The van der Waals surface area contributed by atoms with Gasteiger partial charge in [-0.25, -0.2) is 4.79 Å². The van der Waals surface area contributed by atoms with Crippen LogP contribution in [0.5, 0.6) is 0 Å². The molecule has 0 radical (unpaired) electrons. The molecule has 3 aliphatic rings. The Morgan fingerprint density at radius 2 is 1.74 bits per heavy atom. The fourth-order valence-electron chi connectivity index (χ4n) is 5.69. The molecule has 3 aliphatic heterocycles. The zero-order valence-electron chi connectivity index (χ0n) is 21.1. The Morgan fingerprint density at radius 3 is 2.43 bits per heavy atom. The van der Waals surface area contributed by atoms with E-state index in [0.29, 0.717) is 18.9 Å². The van der Waals surface area contributed by atoms with E-state index >= 15 is 0 Å². The monoisotopic (exact) mass is 495 g/mol. The van der Waals surface area contributed by atoms with Gasteiger partial charge in [-0.2, -0.15) is 0 Å². The molecule has 3 heterocycles. The summed E-state index contributed by atoms with van der Waals surface area (Å²) in [6, 6.07) is 15.2. The third-order valence-electron chi connectivity index (χ3n) is 7.55. The lowest BCUT2D eigenvalue weighted by Crippen LogP contribution is -2.48. The maximum Gasteiger partial charge on any atom is 0.411 e. The summed E-state index contributed by atoms with van der Waals surface area (Å²) in [5.74, 6) is 2.32. The summed E-state index contributed by atoms with van der Waals surface area (Å²) in [6.07, 6.45) is 2.53. The van der Waals surface area contributed by atoms with Crippen LogP contribution >= 0.6 is 11.8 Å². The number of thioether (sulfide) groups is 1. The maximum absolute atomic E-state index is 13.3. The Hall–Kier alpha value is -2.25. The smallest absolute Gasteiger partial charge is 0.411 e. The topological polar surface area (TPSA) is 53.1 Å². The van der Waals surface area contributed by atoms with Crippen molar-refractivity contribution in [1.29, 1.82) is 0 Å². The van der Waals surface area contributed by atoms with Crippen LogP contribution in [0.2, 0.25) is 0 Å². The van der Waals surface area contributed by atoms with Crippen molar-refractivity contribution in [2.45, 2.75) is 63.6 Å². The molecule has 35 heavy (non-hydrogen) atoms. The van der Waals surface area contributed by atoms with Crippen LogP contribution in [0.3, 0.4) is 0 Å². The molecule has 0 aliphatic carbocycles. The van der Waals surface area contributed by atoms with Gasteiger partial charge < -0.3 is 9.64 Å². The minimum absolute atomic E-state index is 0.0782. The first-order chi connectivity index (χ1) is 16.8. The molecular formula is C28H37N3O3S. The predicted molar refractivity (Wildman–Crippen MR) is 142 cm³/mol. The summed E-state index contributed by atoms with van der Waals surface area (Å²) >= 11 is 1.78. The number of amides is 2. The molecule has 0 bridgehead atoms. The highest BCUT2D eigenvalue weighted by Gasteiger charge is 2.45. The molecule has 2 amide bonds. The fraction of sp³-hybridized carbons (Fsp3) is 0.571. The van der Waals surface area contributed by atoms with E-state index in [1.54, 1.807) is 16.7 Å². The van der Waals surface area contributed by atoms with Crippen molar-refractivity contribution < 1.29 is 14.3 Å². The molecule has 7 heteroatoms. The quantitative estimate of drug-likeness (QED) is 0.604. The molecule has 3 saturated heterocycles. The number of hydrogen-bond donors (Lipinski definition) is 0. The Kier molecular flexibility index (Phi) is 6.99. The van der Waals surface area contributed by atoms with Crippen molar-refractivity contribution in [2.24, 2.45) is 0 Å². The van der Waals surface area contributed by atoms with Gasteiger partial charge in [0.05, 0.1) is 5.88 Å². The molecule has 0 saturated carbocycles. The number of ether oxygens (including phenoxy) is 1. The van der Waals surface area contributed by atoms with E-state index < -0.39 is 11.6 Å². The summed E-state index contributed by atoms with van der Waals surface area (Å²) in [4.78, 5) is 32.5. The summed E-state index contributed by atoms with van der Waals surface area (Å²) in [5.41, 5.74) is 0.842. The number of carbonyl (C=O) groups is 2. The number of benzene rings is 2. The standard InChI is InChI=1S/C28H37N3O3S/c1-28(2,3)34-27(33)31-18-24(17-25(31)26(32)30-14-15-35-19-30)29-12-10-21(11-13-29)23-9-8-20-6-4-5-7-22(20)16-23/h4-9,16,21,24-25H,10-15,17-19H2,1-3H3/t24-,25-/m0/s1. The van der Waals surface area contributed by atoms with E-state index in [0.717, 1.165) is 44.1 Å². The van der Waals surface area contributed by atoms with Crippen LogP contribution in [-0.2, 0) is 9.53 Å². The summed E-state index contributed by atoms with van der Waals surface area (Å²) in [7, 11) is 0. The Morgan fingerprint density at radius 1 is 1.00 bits per heavy atom. The van der Waals surface area contributed by atoms with Crippen LogP contribution in [0.1, 0.15) is 51.5 Å². The van der Waals surface area contributed by atoms with Crippen molar-refractivity contribution >= 4 is 34.5 Å². The molecule has 0 N–H and O–H groups in total. The largest absolute Gasteiger partial charge is 0.444 e. The molecular weight excluding hydrogens is 458 g/mol. The van der Waals surface area contributed by atoms with Crippen LogP contribution < -0.4 is 0 Å². The molecule has 2 atom stereocenters. The van der Waals surface area contributed by atoms with Crippen LogP contribution in [0.4, 0.5) is 4.79 Å². The van der Waals surface area contributed by atoms with Gasteiger partial charge in [0.15, 0.2) is 0 Å². The Labute approximate surface area is 213 Å². The number of carbonyl (C=O) groups excluding carboxylic acids is 2. The van der Waals surface area contributed by atoms with Gasteiger partial charge in [0.25, 0.3) is 0 Å². The van der Waals surface area contributed by atoms with Crippen molar-refractivity contribution in [3.8, 4) is 0 Å². The first-order valence-corrected chi connectivity index (χ1v) is 14.0. The number of rotatable bonds is 3. The summed E-state index contributed by atoms with van der Waals surface area (Å²) < 4.78 is 5.70. The second kappa shape index (κ2) is 10.0. The number of likely N-dealkylation sites (tertiary alicyclic amines) is 2. The first kappa shape index (κ1) is 24.4.